The standard InChI is InChI=1S/C14H21BrN4O2/c1-4-9-13(15)11(19(6-3)17-9)7-18-8-12(20)16-10(5-2)14(18)21/h10H,4-8H2,1-3H3,(H,16,20). The number of carbonyl (C=O) groups is 2. The summed E-state index contributed by atoms with van der Waals surface area (Å²) in [6.45, 7) is 7.21. The molecule has 1 aromatic heterocycles. The molecule has 1 saturated heterocycles. The maximum Gasteiger partial charge on any atom is 0.245 e. The molecule has 21 heavy (non-hydrogen) atoms. The normalized spacial score (nSPS) is 19.0. The highest BCUT2D eigenvalue weighted by molar-refractivity contribution is 9.10. The lowest BCUT2D eigenvalue weighted by Gasteiger charge is -2.32. The van der Waals surface area contributed by atoms with Gasteiger partial charge in [-0.3, -0.25) is 14.3 Å². The van der Waals surface area contributed by atoms with Crippen LogP contribution in [0.25, 0.3) is 0 Å². The Morgan fingerprint density at radius 1 is 1.33 bits per heavy atom. The minimum absolute atomic E-state index is 0.0223. The van der Waals surface area contributed by atoms with E-state index in [0.717, 1.165) is 28.8 Å². The summed E-state index contributed by atoms with van der Waals surface area (Å²) in [6.07, 6.45) is 1.43. The minimum Gasteiger partial charge on any atom is -0.343 e. The molecule has 0 spiro atoms. The molecule has 7 heteroatoms. The number of carbonyl (C=O) groups excluding carboxylic acids is 2. The first-order valence-corrected chi connectivity index (χ1v) is 8.13. The van der Waals surface area contributed by atoms with Crippen molar-refractivity contribution < 1.29 is 9.59 Å². The van der Waals surface area contributed by atoms with Gasteiger partial charge in [0.05, 0.1) is 22.4 Å². The number of nitrogens with zero attached hydrogens (tertiary/aromatic N) is 3. The molecule has 1 aliphatic heterocycles. The van der Waals surface area contributed by atoms with E-state index in [1.165, 1.54) is 0 Å². The zero-order chi connectivity index (χ0) is 15.6. The van der Waals surface area contributed by atoms with E-state index < -0.39 is 6.04 Å². The SMILES string of the molecule is CCc1nn(CC)c(CN2CC(=O)NC(CC)C2=O)c1Br. The molecular weight excluding hydrogens is 336 g/mol. The van der Waals surface area contributed by atoms with E-state index in [2.05, 4.69) is 26.3 Å². The summed E-state index contributed by atoms with van der Waals surface area (Å²) in [5.74, 6) is -0.123. The maximum absolute atomic E-state index is 12.4. The van der Waals surface area contributed by atoms with Gasteiger partial charge in [-0.15, -0.1) is 0 Å². The van der Waals surface area contributed by atoms with Gasteiger partial charge in [-0.2, -0.15) is 5.10 Å². The van der Waals surface area contributed by atoms with Crippen molar-refractivity contribution in [3.63, 3.8) is 0 Å². The van der Waals surface area contributed by atoms with Crippen LogP contribution in [0.4, 0.5) is 0 Å². The second kappa shape index (κ2) is 6.60. The number of nitrogens with one attached hydrogen (secondary N) is 1. The summed E-state index contributed by atoms with van der Waals surface area (Å²) in [5.41, 5.74) is 1.93. The van der Waals surface area contributed by atoms with E-state index in [1.807, 2.05) is 25.5 Å². The first-order chi connectivity index (χ1) is 10.0. The number of hydrogen-bond acceptors (Lipinski definition) is 3. The third kappa shape index (κ3) is 3.12. The lowest BCUT2D eigenvalue weighted by Crippen LogP contribution is -2.57. The molecule has 2 heterocycles. The minimum atomic E-state index is -0.409. The summed E-state index contributed by atoms with van der Waals surface area (Å²) in [4.78, 5) is 25.7. The highest BCUT2D eigenvalue weighted by atomic mass is 79.9. The molecule has 1 aromatic rings. The van der Waals surface area contributed by atoms with Gasteiger partial charge in [0.25, 0.3) is 0 Å². The summed E-state index contributed by atoms with van der Waals surface area (Å²) in [5, 5.41) is 7.25. The van der Waals surface area contributed by atoms with Crippen molar-refractivity contribution in [3.8, 4) is 0 Å². The Morgan fingerprint density at radius 2 is 2.05 bits per heavy atom. The molecule has 1 fully saturated rings. The Morgan fingerprint density at radius 3 is 2.62 bits per heavy atom. The number of halogens is 1. The molecule has 0 saturated carbocycles. The first-order valence-electron chi connectivity index (χ1n) is 7.33. The van der Waals surface area contributed by atoms with E-state index in [4.69, 9.17) is 0 Å². The van der Waals surface area contributed by atoms with Gasteiger partial charge in [-0.1, -0.05) is 13.8 Å². The fourth-order valence-corrected chi connectivity index (χ4v) is 3.22. The van der Waals surface area contributed by atoms with Crippen LogP contribution < -0.4 is 5.32 Å². The number of piperazine rings is 1. The van der Waals surface area contributed by atoms with Crippen molar-refractivity contribution in [2.75, 3.05) is 6.54 Å². The smallest absolute Gasteiger partial charge is 0.245 e. The average molecular weight is 357 g/mol. The summed E-state index contributed by atoms with van der Waals surface area (Å²) in [6, 6.07) is -0.409. The molecule has 1 atom stereocenters. The molecule has 6 nitrogen and oxygen atoms in total. The third-order valence-electron chi connectivity index (χ3n) is 3.72. The molecule has 1 unspecified atom stereocenters. The van der Waals surface area contributed by atoms with E-state index in [1.54, 1.807) is 4.90 Å². The Kier molecular flexibility index (Phi) is 5.03. The largest absolute Gasteiger partial charge is 0.343 e. The van der Waals surface area contributed by atoms with Gasteiger partial charge in [0, 0.05) is 6.54 Å². The van der Waals surface area contributed by atoms with Crippen molar-refractivity contribution in [2.24, 2.45) is 0 Å². The molecule has 116 valence electrons. The zero-order valence-corrected chi connectivity index (χ0v) is 14.2. The third-order valence-corrected chi connectivity index (χ3v) is 4.64. The quantitative estimate of drug-likeness (QED) is 0.868. The molecule has 0 aliphatic carbocycles. The van der Waals surface area contributed by atoms with Crippen LogP contribution in [0.3, 0.4) is 0 Å². The molecule has 0 bridgehead atoms. The van der Waals surface area contributed by atoms with Crippen molar-refractivity contribution in [1.82, 2.24) is 20.0 Å². The number of rotatable bonds is 5. The highest BCUT2D eigenvalue weighted by Crippen LogP contribution is 2.24. The van der Waals surface area contributed by atoms with Gasteiger partial charge in [0.1, 0.15) is 12.6 Å². The summed E-state index contributed by atoms with van der Waals surface area (Å²) in [7, 11) is 0. The summed E-state index contributed by atoms with van der Waals surface area (Å²) < 4.78 is 2.84. The molecular formula is C14H21BrN4O2. The van der Waals surface area contributed by atoms with Gasteiger partial charge in [0.2, 0.25) is 11.8 Å². The Labute approximate surface area is 133 Å². The van der Waals surface area contributed by atoms with Crippen molar-refractivity contribution in [1.29, 1.82) is 0 Å². The molecule has 2 rings (SSSR count). The van der Waals surface area contributed by atoms with Gasteiger partial charge in [-0.05, 0) is 35.7 Å². The van der Waals surface area contributed by atoms with Crippen LogP contribution in [-0.2, 0) is 29.1 Å². The highest BCUT2D eigenvalue weighted by Gasteiger charge is 2.32. The number of hydrogen-bond donors (Lipinski definition) is 1. The number of amides is 2. The topological polar surface area (TPSA) is 67.2 Å². The average Bonchev–Trinajstić information content (AvgIpc) is 2.78. The Balaban J connectivity index is 2.26. The summed E-state index contributed by atoms with van der Waals surface area (Å²) >= 11 is 3.58. The zero-order valence-electron chi connectivity index (χ0n) is 12.6. The fourth-order valence-electron chi connectivity index (χ4n) is 2.53. The molecule has 0 radical (unpaired) electrons. The monoisotopic (exact) mass is 356 g/mol. The molecule has 1 N–H and O–H groups in total. The van der Waals surface area contributed by atoms with Crippen molar-refractivity contribution in [3.05, 3.63) is 15.9 Å². The second-order valence-electron chi connectivity index (χ2n) is 5.10. The lowest BCUT2D eigenvalue weighted by molar-refractivity contribution is -0.145. The number of aromatic nitrogens is 2. The van der Waals surface area contributed by atoms with Crippen molar-refractivity contribution >= 4 is 27.7 Å². The van der Waals surface area contributed by atoms with Crippen LogP contribution in [0.5, 0.6) is 0 Å². The van der Waals surface area contributed by atoms with Crippen LogP contribution in [0, 0.1) is 0 Å². The van der Waals surface area contributed by atoms with Gasteiger partial charge in [0.15, 0.2) is 0 Å². The predicted octanol–water partition coefficient (Wildman–Crippen LogP) is 1.46. The van der Waals surface area contributed by atoms with E-state index in [0.29, 0.717) is 13.0 Å². The number of aryl methyl sites for hydroxylation is 2. The van der Waals surface area contributed by atoms with Crippen LogP contribution in [0.2, 0.25) is 0 Å². The van der Waals surface area contributed by atoms with Crippen LogP contribution in [0.15, 0.2) is 4.47 Å². The Hall–Kier alpha value is -1.37. The second-order valence-corrected chi connectivity index (χ2v) is 5.89. The van der Waals surface area contributed by atoms with Gasteiger partial charge < -0.3 is 10.2 Å². The molecule has 1 aliphatic rings. The van der Waals surface area contributed by atoms with E-state index >= 15 is 0 Å². The molecule has 0 aromatic carbocycles. The fraction of sp³-hybridized carbons (Fsp3) is 0.643. The van der Waals surface area contributed by atoms with Crippen LogP contribution in [-0.4, -0.2) is 39.1 Å². The van der Waals surface area contributed by atoms with Crippen molar-refractivity contribution in [2.45, 2.75) is 52.7 Å². The maximum atomic E-state index is 12.4. The molecule has 2 amide bonds. The lowest BCUT2D eigenvalue weighted by atomic mass is 10.1. The Bertz CT molecular complexity index is 555. The predicted molar refractivity (Wildman–Crippen MR) is 82.6 cm³/mol. The first kappa shape index (κ1) is 16.0. The van der Waals surface area contributed by atoms with E-state index in [9.17, 15) is 9.59 Å². The van der Waals surface area contributed by atoms with Crippen LogP contribution in [0.1, 0.15) is 38.6 Å². The van der Waals surface area contributed by atoms with Crippen LogP contribution >= 0.6 is 15.9 Å². The van der Waals surface area contributed by atoms with Gasteiger partial charge in [-0.25, -0.2) is 0 Å². The van der Waals surface area contributed by atoms with E-state index in [-0.39, 0.29) is 18.4 Å². The van der Waals surface area contributed by atoms with Gasteiger partial charge >= 0.3 is 0 Å².